The largest absolute Gasteiger partial charge is 0.416 e. The quantitative estimate of drug-likeness (QED) is 0.245. The number of rotatable bonds is 5. The zero-order valence-electron chi connectivity index (χ0n) is 20.2. The summed E-state index contributed by atoms with van der Waals surface area (Å²) < 4.78 is 43.9. The second kappa shape index (κ2) is 9.87. The summed E-state index contributed by atoms with van der Waals surface area (Å²) in [5.41, 5.74) is 3.62. The zero-order chi connectivity index (χ0) is 27.0. The summed E-state index contributed by atoms with van der Waals surface area (Å²) in [4.78, 5) is 11.7. The van der Waals surface area contributed by atoms with Crippen molar-refractivity contribution < 1.29 is 18.0 Å². The number of fused-ring (bicyclic) bond motifs is 1. The van der Waals surface area contributed by atoms with Crippen molar-refractivity contribution in [3.63, 3.8) is 0 Å². The van der Waals surface area contributed by atoms with Crippen LogP contribution in [0.15, 0.2) is 91.0 Å². The summed E-state index contributed by atoms with van der Waals surface area (Å²) in [6.07, 6.45) is -4.52. The first-order chi connectivity index (χ1) is 18.1. The average Bonchev–Trinajstić information content (AvgIpc) is 3.16. The normalized spacial score (nSPS) is 11.6. The van der Waals surface area contributed by atoms with Crippen LogP contribution in [0.2, 0.25) is 5.02 Å². The Balaban J connectivity index is 1.60. The molecule has 1 heterocycles. The molecule has 0 fully saturated rings. The minimum absolute atomic E-state index is 0.219. The van der Waals surface area contributed by atoms with E-state index >= 15 is 0 Å². The molecule has 5 nitrogen and oxygen atoms in total. The number of nitrogens with one attached hydrogen (secondary N) is 2. The van der Waals surface area contributed by atoms with Gasteiger partial charge in [-0.3, -0.25) is 14.8 Å². The monoisotopic (exact) mass is 534 g/mol. The zero-order valence-corrected chi connectivity index (χ0v) is 20.9. The molecule has 0 saturated heterocycles. The van der Waals surface area contributed by atoms with E-state index in [1.54, 1.807) is 28.8 Å². The third-order valence-electron chi connectivity index (χ3n) is 6.26. The number of para-hydroxylation sites is 2. The van der Waals surface area contributed by atoms with Gasteiger partial charge in [0, 0.05) is 28.9 Å². The molecule has 0 aliphatic rings. The molecule has 1 amide bonds. The van der Waals surface area contributed by atoms with Crippen LogP contribution in [-0.2, 0) is 17.5 Å². The van der Waals surface area contributed by atoms with E-state index in [0.29, 0.717) is 22.8 Å². The Morgan fingerprint density at radius 3 is 2.24 bits per heavy atom. The molecule has 1 aromatic heterocycles. The van der Waals surface area contributed by atoms with Gasteiger partial charge >= 0.3 is 6.18 Å². The van der Waals surface area contributed by atoms with Crippen LogP contribution in [0.1, 0.15) is 18.1 Å². The number of hydrogen-bond acceptors (Lipinski definition) is 2. The summed E-state index contributed by atoms with van der Waals surface area (Å²) in [6.45, 7) is 1.70. The van der Waals surface area contributed by atoms with Crippen LogP contribution in [0.25, 0.3) is 27.8 Å². The molecule has 5 aromatic rings. The first-order valence-corrected chi connectivity index (χ1v) is 12.1. The molecule has 0 radical (unpaired) electrons. The van der Waals surface area contributed by atoms with E-state index in [9.17, 15) is 18.0 Å². The Labute approximate surface area is 221 Å². The molecule has 0 unspecified atom stereocenters. The maximum absolute atomic E-state index is 13.4. The fourth-order valence-corrected chi connectivity index (χ4v) is 4.69. The van der Waals surface area contributed by atoms with E-state index in [0.717, 1.165) is 28.7 Å². The molecule has 192 valence electrons. The Morgan fingerprint density at radius 1 is 0.921 bits per heavy atom. The number of carbonyl (C=O) groups excluding carboxylic acids is 1. The number of anilines is 1. The van der Waals surface area contributed by atoms with Crippen molar-refractivity contribution in [2.24, 2.45) is 0 Å². The lowest BCUT2D eigenvalue weighted by Crippen LogP contribution is -2.24. The molecule has 38 heavy (non-hydrogen) atoms. The van der Waals surface area contributed by atoms with Gasteiger partial charge in [-0.2, -0.15) is 13.2 Å². The van der Waals surface area contributed by atoms with Gasteiger partial charge in [-0.05, 0) is 59.7 Å². The van der Waals surface area contributed by atoms with Crippen molar-refractivity contribution in [1.29, 1.82) is 5.41 Å². The third kappa shape index (κ3) is 4.82. The molecular weight excluding hydrogens is 513 g/mol. The highest BCUT2D eigenvalue weighted by Gasteiger charge is 2.31. The van der Waals surface area contributed by atoms with Crippen LogP contribution in [0.4, 0.5) is 18.9 Å². The molecule has 0 aliphatic heterocycles. The molecule has 2 N–H and O–H groups in total. The summed E-state index contributed by atoms with van der Waals surface area (Å²) in [5.74, 6) is -0.386. The molecule has 0 saturated carbocycles. The highest BCUT2D eigenvalue weighted by atomic mass is 35.5. The van der Waals surface area contributed by atoms with Crippen LogP contribution in [0.3, 0.4) is 0 Å². The fraction of sp³-hybridized carbons (Fsp3) is 0.103. The second-order valence-corrected chi connectivity index (χ2v) is 9.22. The molecule has 0 bridgehead atoms. The fourth-order valence-electron chi connectivity index (χ4n) is 4.50. The molecule has 0 aliphatic carbocycles. The predicted molar refractivity (Wildman–Crippen MR) is 142 cm³/mol. The van der Waals surface area contributed by atoms with Gasteiger partial charge in [0.1, 0.15) is 0 Å². The number of alkyl halides is 3. The SMILES string of the molecule is CC(=O)Nc1ccc(C(F)(F)F)cc1-c1ccc(-n2c(=N)n(Cc3ccccc3Cl)c3ccccc32)cc1. The van der Waals surface area contributed by atoms with Crippen LogP contribution in [-0.4, -0.2) is 15.0 Å². The van der Waals surface area contributed by atoms with E-state index in [1.807, 2.05) is 53.1 Å². The van der Waals surface area contributed by atoms with Gasteiger partial charge in [0.15, 0.2) is 0 Å². The molecule has 0 atom stereocenters. The van der Waals surface area contributed by atoms with Crippen molar-refractivity contribution in [3.8, 4) is 16.8 Å². The summed E-state index contributed by atoms with van der Waals surface area (Å²) in [5, 5.41) is 12.2. The Kier molecular flexibility index (Phi) is 6.59. The van der Waals surface area contributed by atoms with Crippen LogP contribution in [0.5, 0.6) is 0 Å². The lowest BCUT2D eigenvalue weighted by atomic mass is 10.00. The Morgan fingerprint density at radius 2 is 1.58 bits per heavy atom. The lowest BCUT2D eigenvalue weighted by Gasteiger charge is -2.15. The summed E-state index contributed by atoms with van der Waals surface area (Å²) >= 11 is 6.38. The van der Waals surface area contributed by atoms with Crippen LogP contribution < -0.4 is 10.9 Å². The Hall–Kier alpha value is -4.30. The number of imidazole rings is 1. The Bertz CT molecular complexity index is 1720. The number of amides is 1. The van der Waals surface area contributed by atoms with Gasteiger partial charge in [-0.1, -0.05) is 54.1 Å². The van der Waals surface area contributed by atoms with E-state index < -0.39 is 11.7 Å². The maximum atomic E-state index is 13.4. The molecule has 0 spiro atoms. The lowest BCUT2D eigenvalue weighted by molar-refractivity contribution is -0.137. The minimum atomic E-state index is -4.52. The third-order valence-corrected chi connectivity index (χ3v) is 6.63. The predicted octanol–water partition coefficient (Wildman–Crippen LogP) is 7.26. The highest BCUT2D eigenvalue weighted by Crippen LogP contribution is 2.36. The van der Waals surface area contributed by atoms with Gasteiger partial charge in [0.25, 0.3) is 0 Å². The first-order valence-electron chi connectivity index (χ1n) is 11.7. The maximum Gasteiger partial charge on any atom is 0.416 e. The van der Waals surface area contributed by atoms with Crippen LogP contribution in [0, 0.1) is 5.41 Å². The molecular formula is C29H22ClF3N4O. The molecule has 9 heteroatoms. The number of benzene rings is 4. The highest BCUT2D eigenvalue weighted by molar-refractivity contribution is 6.31. The molecule has 4 aromatic carbocycles. The molecule has 5 rings (SSSR count). The van der Waals surface area contributed by atoms with Crippen molar-refractivity contribution >= 4 is 34.2 Å². The van der Waals surface area contributed by atoms with Gasteiger partial charge in [-0.15, -0.1) is 0 Å². The average molecular weight is 535 g/mol. The van der Waals surface area contributed by atoms with Crippen molar-refractivity contribution in [3.05, 3.63) is 113 Å². The van der Waals surface area contributed by atoms with Gasteiger partial charge < -0.3 is 9.88 Å². The van der Waals surface area contributed by atoms with Crippen molar-refractivity contribution in [2.75, 3.05) is 5.32 Å². The minimum Gasteiger partial charge on any atom is -0.326 e. The first kappa shape index (κ1) is 25.4. The second-order valence-electron chi connectivity index (χ2n) is 8.81. The topological polar surface area (TPSA) is 62.8 Å². The summed E-state index contributed by atoms with van der Waals surface area (Å²) in [7, 11) is 0. The van der Waals surface area contributed by atoms with Gasteiger partial charge in [0.05, 0.1) is 23.1 Å². The standard InChI is InChI=1S/C29H22ClF3N4O/c1-18(38)35-25-15-12-21(29(31,32)33)16-23(25)19-10-13-22(14-11-19)37-27-9-5-4-8-26(27)36(28(37)34)17-20-6-2-3-7-24(20)30/h2-16,34H,17H2,1H3,(H,35,38). The van der Waals surface area contributed by atoms with Crippen LogP contribution >= 0.6 is 11.6 Å². The van der Waals surface area contributed by atoms with E-state index in [2.05, 4.69) is 5.32 Å². The van der Waals surface area contributed by atoms with E-state index in [1.165, 1.54) is 13.0 Å². The van der Waals surface area contributed by atoms with E-state index in [4.69, 9.17) is 17.0 Å². The number of nitrogens with zero attached hydrogens (tertiary/aromatic N) is 2. The van der Waals surface area contributed by atoms with E-state index in [-0.39, 0.29) is 22.8 Å². The van der Waals surface area contributed by atoms with Gasteiger partial charge in [-0.25, -0.2) is 0 Å². The number of halogens is 4. The number of hydrogen-bond donors (Lipinski definition) is 2. The number of aromatic nitrogens is 2. The van der Waals surface area contributed by atoms with Crippen molar-refractivity contribution in [2.45, 2.75) is 19.6 Å². The smallest absolute Gasteiger partial charge is 0.326 e. The van der Waals surface area contributed by atoms with Gasteiger partial charge in [0.2, 0.25) is 11.5 Å². The summed E-state index contributed by atoms with van der Waals surface area (Å²) in [6, 6.07) is 25.2. The number of carbonyl (C=O) groups is 1. The van der Waals surface area contributed by atoms with Crippen molar-refractivity contribution in [1.82, 2.24) is 9.13 Å².